The quantitative estimate of drug-likeness (QED) is 0.786. The highest BCUT2D eigenvalue weighted by molar-refractivity contribution is 6.36. The zero-order chi connectivity index (χ0) is 18.4. The maximum Gasteiger partial charge on any atom is 0.266 e. The summed E-state index contributed by atoms with van der Waals surface area (Å²) < 4.78 is 1.36. The zero-order valence-corrected chi connectivity index (χ0v) is 15.8. The van der Waals surface area contributed by atoms with E-state index in [1.165, 1.54) is 4.68 Å². The molecule has 1 amide bonds. The Labute approximate surface area is 160 Å². The summed E-state index contributed by atoms with van der Waals surface area (Å²) in [5, 5.41) is 5.35. The van der Waals surface area contributed by atoms with Crippen LogP contribution in [0.25, 0.3) is 0 Å². The van der Waals surface area contributed by atoms with E-state index >= 15 is 0 Å². The summed E-state index contributed by atoms with van der Waals surface area (Å²) in [7, 11) is 1.66. The topological polar surface area (TPSA) is 58.4 Å². The Morgan fingerprint density at radius 2 is 1.96 bits per heavy atom. The van der Waals surface area contributed by atoms with Crippen molar-refractivity contribution >= 4 is 34.8 Å². The summed E-state index contributed by atoms with van der Waals surface area (Å²) in [6, 6.07) is 6.59. The molecule has 1 aromatic carbocycles. The van der Waals surface area contributed by atoms with E-state index in [-0.39, 0.29) is 17.5 Å². The molecule has 2 aromatic rings. The third-order valence-electron chi connectivity index (χ3n) is 5.09. The summed E-state index contributed by atoms with van der Waals surface area (Å²) in [5.74, 6) is 0.0365. The van der Waals surface area contributed by atoms with Gasteiger partial charge in [0.25, 0.3) is 5.56 Å². The summed E-state index contributed by atoms with van der Waals surface area (Å²) in [5.41, 5.74) is 2.41. The minimum Gasteiger partial charge on any atom is -0.310 e. The molecule has 1 unspecified atom stereocenters. The molecular weight excluding hydrogens is 375 g/mol. The molecule has 0 radical (unpaired) electrons. The van der Waals surface area contributed by atoms with Gasteiger partial charge in [-0.05, 0) is 30.2 Å². The Balaban J connectivity index is 1.55. The van der Waals surface area contributed by atoms with Gasteiger partial charge in [-0.1, -0.05) is 23.2 Å². The Morgan fingerprint density at radius 1 is 1.15 bits per heavy atom. The van der Waals surface area contributed by atoms with Gasteiger partial charge in [0, 0.05) is 44.2 Å². The molecule has 0 N–H and O–H groups in total. The maximum atomic E-state index is 13.0. The smallest absolute Gasteiger partial charge is 0.266 e. The molecule has 26 heavy (non-hydrogen) atoms. The molecule has 1 aromatic heterocycles. The molecule has 3 heterocycles. The number of fused-ring (bicyclic) bond motifs is 1. The highest BCUT2D eigenvalue weighted by Crippen LogP contribution is 2.33. The van der Waals surface area contributed by atoms with Crippen LogP contribution in [0.15, 0.2) is 29.1 Å². The molecular formula is C18H18Cl2N4O2. The highest BCUT2D eigenvalue weighted by Gasteiger charge is 2.38. The fourth-order valence-electron chi connectivity index (χ4n) is 3.72. The lowest BCUT2D eigenvalue weighted by molar-refractivity contribution is -0.122. The van der Waals surface area contributed by atoms with Crippen LogP contribution in [0.2, 0.25) is 10.0 Å². The van der Waals surface area contributed by atoms with E-state index in [2.05, 4.69) is 10.00 Å². The molecule has 1 fully saturated rings. The van der Waals surface area contributed by atoms with E-state index < -0.39 is 0 Å². The largest absolute Gasteiger partial charge is 0.310 e. The van der Waals surface area contributed by atoms with E-state index in [0.29, 0.717) is 28.8 Å². The monoisotopic (exact) mass is 392 g/mol. The van der Waals surface area contributed by atoms with Gasteiger partial charge in [0.15, 0.2) is 0 Å². The van der Waals surface area contributed by atoms with Crippen LogP contribution in [0.3, 0.4) is 0 Å². The third kappa shape index (κ3) is 3.02. The second kappa shape index (κ2) is 6.68. The second-order valence-corrected chi connectivity index (χ2v) is 7.53. The minimum absolute atomic E-state index is 0.0365. The van der Waals surface area contributed by atoms with Gasteiger partial charge in [-0.2, -0.15) is 5.10 Å². The molecule has 1 saturated heterocycles. The summed E-state index contributed by atoms with van der Waals surface area (Å²) in [6.07, 6.45) is 1.46. The first-order valence-electron chi connectivity index (χ1n) is 8.50. The molecule has 8 heteroatoms. The molecule has 4 rings (SSSR count). The van der Waals surface area contributed by atoms with Gasteiger partial charge in [0.1, 0.15) is 0 Å². The molecule has 0 aliphatic carbocycles. The van der Waals surface area contributed by atoms with E-state index in [4.69, 9.17) is 23.2 Å². The van der Waals surface area contributed by atoms with Crippen molar-refractivity contribution < 1.29 is 4.79 Å². The predicted molar refractivity (Wildman–Crippen MR) is 101 cm³/mol. The van der Waals surface area contributed by atoms with Crippen molar-refractivity contribution in [1.29, 1.82) is 0 Å². The van der Waals surface area contributed by atoms with Crippen LogP contribution < -0.4 is 10.5 Å². The Morgan fingerprint density at radius 3 is 2.73 bits per heavy atom. The number of aromatic nitrogens is 2. The molecule has 0 spiro atoms. The van der Waals surface area contributed by atoms with Crippen LogP contribution >= 0.6 is 23.2 Å². The number of halogens is 2. The van der Waals surface area contributed by atoms with Crippen molar-refractivity contribution in [2.24, 2.45) is 7.05 Å². The molecule has 136 valence electrons. The average molecular weight is 393 g/mol. The van der Waals surface area contributed by atoms with Gasteiger partial charge in [-0.25, -0.2) is 4.68 Å². The SMILES string of the molecule is Cn1nc2c(cc1=O)CN(C1CCN(c3ccc(Cl)cc3Cl)C1=O)CC2. The lowest BCUT2D eigenvalue weighted by atomic mass is 10.0. The Hall–Kier alpha value is -1.89. The molecule has 2 aliphatic heterocycles. The minimum atomic E-state index is -0.209. The first-order valence-corrected chi connectivity index (χ1v) is 9.26. The normalized spacial score (nSPS) is 20.5. The van der Waals surface area contributed by atoms with E-state index in [0.717, 1.165) is 30.6 Å². The lowest BCUT2D eigenvalue weighted by Gasteiger charge is -2.32. The number of benzene rings is 1. The Kier molecular flexibility index (Phi) is 4.50. The number of carbonyl (C=O) groups excluding carboxylic acids is 1. The number of rotatable bonds is 2. The predicted octanol–water partition coefficient (Wildman–Crippen LogP) is 2.25. The van der Waals surface area contributed by atoms with Gasteiger partial charge in [0.05, 0.1) is 22.4 Å². The van der Waals surface area contributed by atoms with E-state index in [9.17, 15) is 9.59 Å². The van der Waals surface area contributed by atoms with Crippen LogP contribution in [0.4, 0.5) is 5.69 Å². The van der Waals surface area contributed by atoms with Gasteiger partial charge in [0.2, 0.25) is 5.91 Å². The molecule has 6 nitrogen and oxygen atoms in total. The number of aryl methyl sites for hydroxylation is 1. The number of carbonyl (C=O) groups is 1. The standard InChI is InChI=1S/C18H18Cl2N4O2/c1-22-17(25)8-11-10-23(6-4-14(11)21-22)16-5-7-24(18(16)26)15-3-2-12(19)9-13(15)20/h2-3,8-9,16H,4-7,10H2,1H3. The van der Waals surface area contributed by atoms with Gasteiger partial charge in [-0.15, -0.1) is 0 Å². The van der Waals surface area contributed by atoms with Crippen LogP contribution in [0.5, 0.6) is 0 Å². The van der Waals surface area contributed by atoms with Crippen molar-refractivity contribution in [2.45, 2.75) is 25.4 Å². The molecule has 1 atom stereocenters. The zero-order valence-electron chi connectivity index (χ0n) is 14.3. The number of hydrogen-bond donors (Lipinski definition) is 0. The summed E-state index contributed by atoms with van der Waals surface area (Å²) in [4.78, 5) is 28.7. The fourth-order valence-corrected chi connectivity index (χ4v) is 4.23. The van der Waals surface area contributed by atoms with Gasteiger partial charge < -0.3 is 4.90 Å². The van der Waals surface area contributed by atoms with E-state index in [1.807, 2.05) is 0 Å². The second-order valence-electron chi connectivity index (χ2n) is 6.69. The van der Waals surface area contributed by atoms with Gasteiger partial charge in [-0.3, -0.25) is 14.5 Å². The van der Waals surface area contributed by atoms with E-state index in [1.54, 1.807) is 36.2 Å². The Bertz CT molecular complexity index is 943. The van der Waals surface area contributed by atoms with Crippen molar-refractivity contribution in [1.82, 2.24) is 14.7 Å². The van der Waals surface area contributed by atoms with Crippen LogP contribution in [-0.2, 0) is 24.8 Å². The third-order valence-corrected chi connectivity index (χ3v) is 5.62. The van der Waals surface area contributed by atoms with Crippen molar-refractivity contribution in [3.8, 4) is 0 Å². The first kappa shape index (κ1) is 17.5. The number of amides is 1. The number of hydrogen-bond acceptors (Lipinski definition) is 4. The fraction of sp³-hybridized carbons (Fsp3) is 0.389. The number of nitrogens with zero attached hydrogens (tertiary/aromatic N) is 4. The van der Waals surface area contributed by atoms with Crippen molar-refractivity contribution in [2.75, 3.05) is 18.0 Å². The number of anilines is 1. The van der Waals surface area contributed by atoms with Crippen molar-refractivity contribution in [3.63, 3.8) is 0 Å². The highest BCUT2D eigenvalue weighted by atomic mass is 35.5. The lowest BCUT2D eigenvalue weighted by Crippen LogP contribution is -2.45. The van der Waals surface area contributed by atoms with Crippen LogP contribution in [-0.4, -0.2) is 39.7 Å². The molecule has 0 bridgehead atoms. The van der Waals surface area contributed by atoms with Crippen LogP contribution in [0, 0.1) is 0 Å². The van der Waals surface area contributed by atoms with Gasteiger partial charge >= 0.3 is 0 Å². The maximum absolute atomic E-state index is 13.0. The molecule has 2 aliphatic rings. The first-order chi connectivity index (χ1) is 12.4. The average Bonchev–Trinajstić information content (AvgIpc) is 2.97. The van der Waals surface area contributed by atoms with Crippen molar-refractivity contribution in [3.05, 3.63) is 55.9 Å². The molecule has 0 saturated carbocycles. The summed E-state index contributed by atoms with van der Waals surface area (Å²) in [6.45, 7) is 1.93. The summed E-state index contributed by atoms with van der Waals surface area (Å²) >= 11 is 12.2. The van der Waals surface area contributed by atoms with Crippen LogP contribution in [0.1, 0.15) is 17.7 Å².